The summed E-state index contributed by atoms with van der Waals surface area (Å²) in [5, 5.41) is 19.0. The number of methoxy groups -OCH3 is 1. The van der Waals surface area contributed by atoms with Crippen LogP contribution in [-0.2, 0) is 13.2 Å². The highest BCUT2D eigenvalue weighted by Crippen LogP contribution is 2.34. The van der Waals surface area contributed by atoms with Gasteiger partial charge in [-0.2, -0.15) is 0 Å². The van der Waals surface area contributed by atoms with Crippen molar-refractivity contribution in [3.05, 3.63) is 52.5 Å². The van der Waals surface area contributed by atoms with Gasteiger partial charge in [0.1, 0.15) is 5.75 Å². The molecule has 5 heteroatoms. The molecule has 0 aromatic heterocycles. The van der Waals surface area contributed by atoms with Gasteiger partial charge in [0.05, 0.1) is 20.3 Å². The van der Waals surface area contributed by atoms with Crippen LogP contribution in [0.4, 0.5) is 0 Å². The van der Waals surface area contributed by atoms with Crippen molar-refractivity contribution in [2.75, 3.05) is 7.11 Å². The minimum absolute atomic E-state index is 0.0700. The maximum Gasteiger partial charge on any atom is 0.169 e. The molecule has 20 heavy (non-hydrogen) atoms. The molecule has 4 nitrogen and oxygen atoms in total. The van der Waals surface area contributed by atoms with Crippen LogP contribution in [0, 0.1) is 0 Å². The Bertz CT molecular complexity index is 598. The quantitative estimate of drug-likeness (QED) is 0.889. The topological polar surface area (TPSA) is 58.9 Å². The van der Waals surface area contributed by atoms with E-state index in [-0.39, 0.29) is 13.2 Å². The fourth-order valence-corrected chi connectivity index (χ4v) is 1.98. The van der Waals surface area contributed by atoms with Crippen LogP contribution in [0.2, 0.25) is 5.02 Å². The summed E-state index contributed by atoms with van der Waals surface area (Å²) in [6.07, 6.45) is 0. The minimum atomic E-state index is -0.174. The van der Waals surface area contributed by atoms with E-state index in [2.05, 4.69) is 0 Å². The van der Waals surface area contributed by atoms with Crippen molar-refractivity contribution >= 4 is 11.6 Å². The Morgan fingerprint density at radius 2 is 1.70 bits per heavy atom. The third kappa shape index (κ3) is 3.22. The molecule has 106 valence electrons. The molecule has 0 radical (unpaired) electrons. The van der Waals surface area contributed by atoms with E-state index in [0.717, 1.165) is 5.56 Å². The zero-order chi connectivity index (χ0) is 14.5. The molecule has 0 spiro atoms. The van der Waals surface area contributed by atoms with Crippen LogP contribution < -0.4 is 9.47 Å². The van der Waals surface area contributed by atoms with Gasteiger partial charge in [-0.1, -0.05) is 17.7 Å². The maximum absolute atomic E-state index is 9.33. The fourth-order valence-electron chi connectivity index (χ4n) is 1.78. The summed E-state index contributed by atoms with van der Waals surface area (Å²) in [7, 11) is 1.53. The number of rotatable bonds is 5. The van der Waals surface area contributed by atoms with Gasteiger partial charge >= 0.3 is 0 Å². The van der Waals surface area contributed by atoms with Gasteiger partial charge in [-0.25, -0.2) is 0 Å². The van der Waals surface area contributed by atoms with E-state index < -0.39 is 0 Å². The van der Waals surface area contributed by atoms with Crippen molar-refractivity contribution in [3.63, 3.8) is 0 Å². The number of halogens is 1. The van der Waals surface area contributed by atoms with E-state index in [1.807, 2.05) is 0 Å². The highest BCUT2D eigenvalue weighted by atomic mass is 35.5. The number of aliphatic hydroxyl groups is 2. The monoisotopic (exact) mass is 294 g/mol. The molecule has 0 amide bonds. The second kappa shape index (κ2) is 6.61. The summed E-state index contributed by atoms with van der Waals surface area (Å²) in [6, 6.07) is 10.2. The molecule has 0 saturated heterocycles. The van der Waals surface area contributed by atoms with Crippen molar-refractivity contribution in [1.29, 1.82) is 0 Å². The summed E-state index contributed by atoms with van der Waals surface area (Å²) in [5.74, 6) is 1.52. The lowest BCUT2D eigenvalue weighted by atomic mass is 10.2. The third-order valence-corrected chi connectivity index (χ3v) is 3.06. The first kappa shape index (κ1) is 14.7. The molecule has 0 aliphatic heterocycles. The van der Waals surface area contributed by atoms with E-state index in [1.165, 1.54) is 7.11 Å². The lowest BCUT2D eigenvalue weighted by Crippen LogP contribution is -1.95. The molecule has 2 rings (SSSR count). The summed E-state index contributed by atoms with van der Waals surface area (Å²) < 4.78 is 11.0. The van der Waals surface area contributed by atoms with Crippen molar-refractivity contribution in [1.82, 2.24) is 0 Å². The molecule has 0 aliphatic carbocycles. The van der Waals surface area contributed by atoms with Crippen LogP contribution in [0.3, 0.4) is 0 Å². The Kier molecular flexibility index (Phi) is 4.84. The molecule has 2 aromatic rings. The summed E-state index contributed by atoms with van der Waals surface area (Å²) >= 11 is 5.88. The summed E-state index contributed by atoms with van der Waals surface area (Å²) in [6.45, 7) is -0.244. The van der Waals surface area contributed by atoms with Gasteiger partial charge in [0.2, 0.25) is 0 Å². The van der Waals surface area contributed by atoms with Gasteiger partial charge < -0.3 is 19.7 Å². The molecule has 0 unspecified atom stereocenters. The van der Waals surface area contributed by atoms with Gasteiger partial charge in [-0.15, -0.1) is 0 Å². The summed E-state index contributed by atoms with van der Waals surface area (Å²) in [5.41, 5.74) is 1.32. The van der Waals surface area contributed by atoms with Gasteiger partial charge in [-0.3, -0.25) is 0 Å². The van der Waals surface area contributed by atoms with Crippen LogP contribution in [-0.4, -0.2) is 17.3 Å². The van der Waals surface area contributed by atoms with Gasteiger partial charge in [0.25, 0.3) is 0 Å². The van der Waals surface area contributed by atoms with Crippen LogP contribution >= 0.6 is 11.6 Å². The Morgan fingerprint density at radius 3 is 2.35 bits per heavy atom. The van der Waals surface area contributed by atoms with E-state index in [1.54, 1.807) is 36.4 Å². The first-order chi connectivity index (χ1) is 9.67. The van der Waals surface area contributed by atoms with Gasteiger partial charge in [-0.05, 0) is 35.9 Å². The van der Waals surface area contributed by atoms with Crippen LogP contribution in [0.1, 0.15) is 11.1 Å². The lowest BCUT2D eigenvalue weighted by Gasteiger charge is -2.13. The normalized spacial score (nSPS) is 10.4. The number of hydrogen-bond donors (Lipinski definition) is 2. The van der Waals surface area contributed by atoms with Crippen molar-refractivity contribution in [2.45, 2.75) is 13.2 Å². The first-order valence-corrected chi connectivity index (χ1v) is 6.40. The maximum atomic E-state index is 9.33. The average molecular weight is 295 g/mol. The Morgan fingerprint density at radius 1 is 0.950 bits per heavy atom. The average Bonchev–Trinajstić information content (AvgIpc) is 2.49. The largest absolute Gasteiger partial charge is 0.493 e. The molecule has 0 bridgehead atoms. The molecule has 0 aliphatic rings. The van der Waals surface area contributed by atoms with Gasteiger partial charge in [0.15, 0.2) is 11.5 Å². The third-order valence-electron chi connectivity index (χ3n) is 2.82. The second-order valence-corrected chi connectivity index (χ2v) is 4.59. The molecule has 2 N–H and O–H groups in total. The number of benzene rings is 2. The fraction of sp³-hybridized carbons (Fsp3) is 0.200. The Hall–Kier alpha value is -1.75. The van der Waals surface area contributed by atoms with Crippen LogP contribution in [0.25, 0.3) is 0 Å². The van der Waals surface area contributed by atoms with Crippen molar-refractivity contribution in [3.8, 4) is 17.2 Å². The predicted molar refractivity (Wildman–Crippen MR) is 76.4 cm³/mol. The second-order valence-electron chi connectivity index (χ2n) is 4.16. The highest BCUT2D eigenvalue weighted by Gasteiger charge is 2.10. The molecule has 0 saturated carbocycles. The SMILES string of the molecule is COc1cc(CO)ccc1Oc1ccc(Cl)cc1CO. The minimum Gasteiger partial charge on any atom is -0.493 e. The first-order valence-electron chi connectivity index (χ1n) is 6.03. The molecular weight excluding hydrogens is 280 g/mol. The van der Waals surface area contributed by atoms with Crippen LogP contribution in [0.15, 0.2) is 36.4 Å². The molecule has 0 fully saturated rings. The molecule has 0 atom stereocenters. The standard InChI is InChI=1S/C15H15ClO4/c1-19-15-6-10(8-17)2-4-14(15)20-13-5-3-12(16)7-11(13)9-18/h2-7,17-18H,8-9H2,1H3. The Balaban J connectivity index is 2.34. The van der Waals surface area contributed by atoms with E-state index in [4.69, 9.17) is 26.2 Å². The lowest BCUT2D eigenvalue weighted by molar-refractivity contribution is 0.275. The predicted octanol–water partition coefficient (Wildman–Crippen LogP) is 3.13. The van der Waals surface area contributed by atoms with E-state index in [9.17, 15) is 5.11 Å². The highest BCUT2D eigenvalue weighted by molar-refractivity contribution is 6.30. The van der Waals surface area contributed by atoms with Crippen molar-refractivity contribution in [2.24, 2.45) is 0 Å². The van der Waals surface area contributed by atoms with Crippen LogP contribution in [0.5, 0.6) is 17.2 Å². The molecule has 2 aromatic carbocycles. The zero-order valence-corrected chi connectivity index (χ0v) is 11.7. The molecule has 0 heterocycles. The zero-order valence-electron chi connectivity index (χ0n) is 11.0. The summed E-state index contributed by atoms with van der Waals surface area (Å²) in [4.78, 5) is 0. The molecular formula is C15H15ClO4. The number of ether oxygens (including phenoxy) is 2. The Labute approximate surface area is 122 Å². The smallest absolute Gasteiger partial charge is 0.169 e. The number of hydrogen-bond acceptors (Lipinski definition) is 4. The van der Waals surface area contributed by atoms with Gasteiger partial charge in [0, 0.05) is 10.6 Å². The van der Waals surface area contributed by atoms with Crippen molar-refractivity contribution < 1.29 is 19.7 Å². The number of aliphatic hydroxyl groups excluding tert-OH is 2. The van der Waals surface area contributed by atoms with E-state index >= 15 is 0 Å². The van der Waals surface area contributed by atoms with E-state index in [0.29, 0.717) is 27.8 Å².